The number of carbonyl (C=O) groups excluding carboxylic acids is 1. The molecule has 0 bridgehead atoms. The number of benzene rings is 2. The third kappa shape index (κ3) is 4.03. The van der Waals surface area contributed by atoms with E-state index in [1.54, 1.807) is 19.3 Å². The maximum atomic E-state index is 12.1. The van der Waals surface area contributed by atoms with Crippen molar-refractivity contribution in [3.8, 4) is 5.75 Å². The fraction of sp³-hybridized carbons (Fsp3) is 0.250. The topological polar surface area (TPSA) is 41.6 Å². The Kier molecular flexibility index (Phi) is 4.96. The van der Waals surface area contributed by atoms with Crippen LogP contribution in [0.4, 0.5) is 5.69 Å². The molecule has 3 rings (SSSR count). The molecule has 1 aliphatic rings. The van der Waals surface area contributed by atoms with Crippen molar-refractivity contribution in [2.24, 2.45) is 0 Å². The van der Waals surface area contributed by atoms with Gasteiger partial charge in [-0.2, -0.15) is 0 Å². The molecule has 0 saturated carbocycles. The van der Waals surface area contributed by atoms with Crippen LogP contribution in [-0.2, 0) is 17.8 Å². The average Bonchev–Trinajstić information content (AvgIpc) is 2.59. The number of ether oxygens (including phenoxy) is 1. The summed E-state index contributed by atoms with van der Waals surface area (Å²) < 4.78 is 5.15. The maximum absolute atomic E-state index is 12.1. The third-order valence-electron chi connectivity index (χ3n) is 4.20. The Morgan fingerprint density at radius 1 is 1.21 bits per heavy atom. The van der Waals surface area contributed by atoms with Crippen LogP contribution in [0.25, 0.3) is 6.08 Å². The zero-order valence-electron chi connectivity index (χ0n) is 14.1. The second-order valence-corrected chi connectivity index (χ2v) is 6.07. The normalized spacial score (nSPS) is 14.4. The lowest BCUT2D eigenvalue weighted by atomic mass is 9.97. The fourth-order valence-electron chi connectivity index (χ4n) is 2.88. The van der Waals surface area contributed by atoms with Crippen LogP contribution in [0.15, 0.2) is 48.5 Å². The SMILES string of the molecule is COc1cccc(NC(=O)C=Cc2ccc3c(c2)CN(C)CC3)c1. The van der Waals surface area contributed by atoms with Gasteiger partial charge in [-0.15, -0.1) is 0 Å². The molecule has 1 aliphatic heterocycles. The summed E-state index contributed by atoms with van der Waals surface area (Å²) in [6.45, 7) is 2.07. The Bertz CT molecular complexity index is 768. The Morgan fingerprint density at radius 3 is 2.92 bits per heavy atom. The molecule has 0 saturated heterocycles. The molecular weight excluding hydrogens is 300 g/mol. The molecule has 1 amide bonds. The average molecular weight is 322 g/mol. The smallest absolute Gasteiger partial charge is 0.248 e. The Balaban J connectivity index is 1.66. The van der Waals surface area contributed by atoms with Crippen molar-refractivity contribution in [1.29, 1.82) is 0 Å². The number of nitrogens with one attached hydrogen (secondary N) is 1. The monoisotopic (exact) mass is 322 g/mol. The molecular formula is C20H22N2O2. The maximum Gasteiger partial charge on any atom is 0.248 e. The minimum absolute atomic E-state index is 0.155. The first-order valence-corrected chi connectivity index (χ1v) is 8.07. The summed E-state index contributed by atoms with van der Waals surface area (Å²) in [4.78, 5) is 14.4. The Hall–Kier alpha value is -2.59. The lowest BCUT2D eigenvalue weighted by molar-refractivity contribution is -0.111. The molecule has 0 atom stereocenters. The van der Waals surface area contributed by atoms with Crippen molar-refractivity contribution in [3.63, 3.8) is 0 Å². The van der Waals surface area contributed by atoms with E-state index in [1.807, 2.05) is 24.3 Å². The van der Waals surface area contributed by atoms with Crippen LogP contribution in [0.2, 0.25) is 0 Å². The number of rotatable bonds is 4. The van der Waals surface area contributed by atoms with Crippen LogP contribution in [0.1, 0.15) is 16.7 Å². The first kappa shape index (κ1) is 16.3. The summed E-state index contributed by atoms with van der Waals surface area (Å²) >= 11 is 0. The van der Waals surface area contributed by atoms with Crippen LogP contribution in [-0.4, -0.2) is 31.5 Å². The second-order valence-electron chi connectivity index (χ2n) is 6.07. The summed E-state index contributed by atoms with van der Waals surface area (Å²) in [5.41, 5.74) is 4.52. The predicted molar refractivity (Wildman–Crippen MR) is 97.1 cm³/mol. The largest absolute Gasteiger partial charge is 0.497 e. The van der Waals surface area contributed by atoms with E-state index >= 15 is 0 Å². The first-order chi connectivity index (χ1) is 11.6. The van der Waals surface area contributed by atoms with Crippen molar-refractivity contribution in [3.05, 3.63) is 65.2 Å². The fourth-order valence-corrected chi connectivity index (χ4v) is 2.88. The molecule has 4 heteroatoms. The number of amides is 1. The number of hydrogen-bond acceptors (Lipinski definition) is 3. The number of hydrogen-bond donors (Lipinski definition) is 1. The van der Waals surface area contributed by atoms with E-state index in [1.165, 1.54) is 11.1 Å². The molecule has 24 heavy (non-hydrogen) atoms. The van der Waals surface area contributed by atoms with E-state index < -0.39 is 0 Å². The number of fused-ring (bicyclic) bond motifs is 1. The van der Waals surface area contributed by atoms with Gasteiger partial charge in [0.25, 0.3) is 0 Å². The molecule has 0 aliphatic carbocycles. The van der Waals surface area contributed by atoms with Gasteiger partial charge in [0.1, 0.15) is 5.75 Å². The van der Waals surface area contributed by atoms with Gasteiger partial charge in [0.15, 0.2) is 0 Å². The van der Waals surface area contributed by atoms with E-state index in [2.05, 4.69) is 35.5 Å². The number of nitrogens with zero attached hydrogens (tertiary/aromatic N) is 1. The number of carbonyl (C=O) groups is 1. The van der Waals surface area contributed by atoms with Crippen LogP contribution < -0.4 is 10.1 Å². The van der Waals surface area contributed by atoms with Gasteiger partial charge in [0.05, 0.1) is 7.11 Å². The van der Waals surface area contributed by atoms with Gasteiger partial charge in [0, 0.05) is 30.9 Å². The second kappa shape index (κ2) is 7.32. The highest BCUT2D eigenvalue weighted by Crippen LogP contribution is 2.20. The van der Waals surface area contributed by atoms with Gasteiger partial charge >= 0.3 is 0 Å². The summed E-state index contributed by atoms with van der Waals surface area (Å²) in [6.07, 6.45) is 4.50. The molecule has 1 heterocycles. The number of anilines is 1. The van der Waals surface area contributed by atoms with Crippen LogP contribution in [0.5, 0.6) is 5.75 Å². The van der Waals surface area contributed by atoms with E-state index in [0.29, 0.717) is 0 Å². The molecule has 1 N–H and O–H groups in total. The van der Waals surface area contributed by atoms with Crippen molar-refractivity contribution >= 4 is 17.7 Å². The molecule has 0 unspecified atom stereocenters. The molecule has 0 fully saturated rings. The highest BCUT2D eigenvalue weighted by atomic mass is 16.5. The van der Waals surface area contributed by atoms with Gasteiger partial charge in [0.2, 0.25) is 5.91 Å². The lowest BCUT2D eigenvalue weighted by Gasteiger charge is -2.25. The zero-order valence-corrected chi connectivity index (χ0v) is 14.1. The molecule has 2 aromatic carbocycles. The predicted octanol–water partition coefficient (Wildman–Crippen LogP) is 3.34. The van der Waals surface area contributed by atoms with Crippen LogP contribution in [0.3, 0.4) is 0 Å². The molecule has 2 aromatic rings. The summed E-state index contributed by atoms with van der Waals surface area (Å²) in [6, 6.07) is 13.7. The highest BCUT2D eigenvalue weighted by molar-refractivity contribution is 6.02. The number of methoxy groups -OCH3 is 1. The van der Waals surface area contributed by atoms with Gasteiger partial charge in [-0.3, -0.25) is 4.79 Å². The van der Waals surface area contributed by atoms with Crippen molar-refractivity contribution < 1.29 is 9.53 Å². The quantitative estimate of drug-likeness (QED) is 0.878. The number of likely N-dealkylation sites (N-methyl/N-ethyl adjacent to an activating group) is 1. The zero-order chi connectivity index (χ0) is 16.9. The van der Waals surface area contributed by atoms with E-state index in [-0.39, 0.29) is 5.91 Å². The first-order valence-electron chi connectivity index (χ1n) is 8.07. The van der Waals surface area contributed by atoms with Gasteiger partial charge < -0.3 is 15.0 Å². The Morgan fingerprint density at radius 2 is 2.08 bits per heavy atom. The van der Waals surface area contributed by atoms with Gasteiger partial charge in [-0.1, -0.05) is 24.3 Å². The van der Waals surface area contributed by atoms with Crippen molar-refractivity contribution in [1.82, 2.24) is 4.90 Å². The lowest BCUT2D eigenvalue weighted by Crippen LogP contribution is -2.26. The Labute approximate surface area is 142 Å². The molecule has 124 valence electrons. The molecule has 0 radical (unpaired) electrons. The van der Waals surface area contributed by atoms with Crippen molar-refractivity contribution in [2.75, 3.05) is 26.0 Å². The summed E-state index contributed by atoms with van der Waals surface area (Å²) in [7, 11) is 3.74. The molecule has 4 nitrogen and oxygen atoms in total. The van der Waals surface area contributed by atoms with Crippen molar-refractivity contribution in [2.45, 2.75) is 13.0 Å². The van der Waals surface area contributed by atoms with E-state index in [9.17, 15) is 4.79 Å². The molecule has 0 spiro atoms. The molecule has 0 aromatic heterocycles. The van der Waals surface area contributed by atoms with Crippen LogP contribution >= 0.6 is 0 Å². The van der Waals surface area contributed by atoms with E-state index in [4.69, 9.17) is 4.74 Å². The van der Waals surface area contributed by atoms with Crippen LogP contribution in [0, 0.1) is 0 Å². The van der Waals surface area contributed by atoms with Gasteiger partial charge in [-0.25, -0.2) is 0 Å². The van der Waals surface area contributed by atoms with E-state index in [0.717, 1.165) is 36.5 Å². The van der Waals surface area contributed by atoms with Gasteiger partial charge in [-0.05, 0) is 48.4 Å². The summed E-state index contributed by atoms with van der Waals surface area (Å²) in [5, 5.41) is 2.84. The minimum Gasteiger partial charge on any atom is -0.497 e. The summed E-state index contributed by atoms with van der Waals surface area (Å²) in [5.74, 6) is 0.564. The standard InChI is InChI=1S/C20H22N2O2/c1-22-11-10-16-8-6-15(12-17(16)14-22)7-9-20(23)21-18-4-3-5-19(13-18)24-2/h3-9,12-13H,10-11,14H2,1-2H3,(H,21,23). The third-order valence-corrected chi connectivity index (χ3v) is 4.20. The highest BCUT2D eigenvalue weighted by Gasteiger charge is 2.12. The minimum atomic E-state index is -0.155.